The van der Waals surface area contributed by atoms with Crippen LogP contribution in [-0.2, 0) is 26.5 Å². The van der Waals surface area contributed by atoms with Gasteiger partial charge in [0.05, 0.1) is 5.75 Å². The van der Waals surface area contributed by atoms with Crippen LogP contribution in [0.2, 0.25) is 0 Å². The topological polar surface area (TPSA) is 104 Å². The first-order valence-electron chi connectivity index (χ1n) is 8.09. The Labute approximate surface area is 160 Å². The molecule has 0 aromatic carbocycles. The summed E-state index contributed by atoms with van der Waals surface area (Å²) in [6.07, 6.45) is 2.58. The van der Waals surface area contributed by atoms with Crippen molar-refractivity contribution in [1.82, 2.24) is 14.8 Å². The van der Waals surface area contributed by atoms with Crippen LogP contribution in [0.1, 0.15) is 24.6 Å². The lowest BCUT2D eigenvalue weighted by molar-refractivity contribution is 0.376. The normalized spacial score (nSPS) is 18.7. The number of hydrogen-bond donors (Lipinski definition) is 3. The van der Waals surface area contributed by atoms with Crippen LogP contribution >= 0.6 is 23.7 Å². The molecule has 0 radical (unpaired) electrons. The van der Waals surface area contributed by atoms with Gasteiger partial charge in [-0.2, -0.15) is 0 Å². The molecule has 1 saturated heterocycles. The van der Waals surface area contributed by atoms with Gasteiger partial charge in [0.2, 0.25) is 20.0 Å². The molecule has 3 N–H and O–H groups in total. The Morgan fingerprint density at radius 1 is 1.24 bits per heavy atom. The van der Waals surface area contributed by atoms with E-state index in [1.807, 2.05) is 0 Å². The fourth-order valence-corrected chi connectivity index (χ4v) is 5.60. The summed E-state index contributed by atoms with van der Waals surface area (Å²) in [5.41, 5.74) is 0. The molecule has 0 spiro atoms. The smallest absolute Gasteiger partial charge is 0.250 e. The average molecular weight is 432 g/mol. The van der Waals surface area contributed by atoms with Crippen molar-refractivity contribution in [1.29, 1.82) is 0 Å². The van der Waals surface area contributed by atoms with Crippen LogP contribution < -0.4 is 14.8 Å². The molecule has 0 amide bonds. The van der Waals surface area contributed by atoms with E-state index in [-0.39, 0.29) is 28.9 Å². The molecular weight excluding hydrogens is 406 g/mol. The molecule has 7 nitrogen and oxygen atoms in total. The van der Waals surface area contributed by atoms with Crippen molar-refractivity contribution in [2.45, 2.75) is 30.4 Å². The van der Waals surface area contributed by atoms with Crippen molar-refractivity contribution < 1.29 is 16.8 Å². The molecule has 1 unspecified atom stereocenters. The third-order valence-electron chi connectivity index (χ3n) is 3.94. The van der Waals surface area contributed by atoms with E-state index in [2.05, 4.69) is 14.8 Å². The van der Waals surface area contributed by atoms with Crippen LogP contribution in [0.4, 0.5) is 0 Å². The van der Waals surface area contributed by atoms with E-state index in [0.29, 0.717) is 18.9 Å². The van der Waals surface area contributed by atoms with Crippen LogP contribution in [-0.4, -0.2) is 48.8 Å². The highest BCUT2D eigenvalue weighted by atomic mass is 35.5. The molecule has 0 saturated carbocycles. The number of halogens is 1. The fourth-order valence-electron chi connectivity index (χ4n) is 2.47. The van der Waals surface area contributed by atoms with Gasteiger partial charge >= 0.3 is 0 Å². The van der Waals surface area contributed by atoms with Crippen molar-refractivity contribution in [2.24, 2.45) is 5.92 Å². The molecule has 0 bridgehead atoms. The summed E-state index contributed by atoms with van der Waals surface area (Å²) in [6.45, 7) is 4.14. The zero-order valence-corrected chi connectivity index (χ0v) is 17.4. The Hall–Kier alpha value is -0.230. The van der Waals surface area contributed by atoms with Gasteiger partial charge < -0.3 is 5.32 Å². The third kappa shape index (κ3) is 7.49. The minimum absolute atomic E-state index is 0. The maximum atomic E-state index is 12.3. The van der Waals surface area contributed by atoms with Gasteiger partial charge in [0.25, 0.3) is 0 Å². The van der Waals surface area contributed by atoms with Gasteiger partial charge in [-0.15, -0.1) is 23.7 Å². The number of hydrogen-bond acceptors (Lipinski definition) is 6. The molecule has 11 heteroatoms. The molecule has 1 aliphatic rings. The zero-order valence-electron chi connectivity index (χ0n) is 14.2. The Bertz CT molecular complexity index is 728. The first-order valence-corrected chi connectivity index (χ1v) is 12.0. The number of sulfonamides is 2. The van der Waals surface area contributed by atoms with Crippen molar-refractivity contribution in [3.05, 3.63) is 17.0 Å². The molecule has 2 rings (SSSR count). The van der Waals surface area contributed by atoms with E-state index in [1.54, 1.807) is 19.1 Å². The molecule has 1 fully saturated rings. The highest BCUT2D eigenvalue weighted by Gasteiger charge is 2.20. The third-order valence-corrected chi connectivity index (χ3v) is 8.40. The van der Waals surface area contributed by atoms with Gasteiger partial charge in [0.1, 0.15) is 4.21 Å². The van der Waals surface area contributed by atoms with Crippen LogP contribution in [0, 0.1) is 5.92 Å². The summed E-state index contributed by atoms with van der Waals surface area (Å²) in [5.74, 6) is 0.369. The van der Waals surface area contributed by atoms with E-state index in [0.717, 1.165) is 30.8 Å². The molecule has 1 aliphatic heterocycles. The number of rotatable bonds is 9. The standard InChI is InChI=1S/C14H25N3O4S3.ClH/c1-2-23(18,19)16-9-7-13-5-6-14(22-13)24(20,21)17-11-12-4-3-8-15-10-12;/h5-6,12,15-17H,2-4,7-11H2,1H3;1H. The second-order valence-corrected chi connectivity index (χ2v) is 11.1. The molecule has 0 aliphatic carbocycles. The average Bonchev–Trinajstić information content (AvgIpc) is 3.04. The largest absolute Gasteiger partial charge is 0.316 e. The van der Waals surface area contributed by atoms with Crippen LogP contribution in [0.5, 0.6) is 0 Å². The minimum Gasteiger partial charge on any atom is -0.316 e. The van der Waals surface area contributed by atoms with Crippen molar-refractivity contribution in [2.75, 3.05) is 31.9 Å². The molecule has 146 valence electrons. The van der Waals surface area contributed by atoms with E-state index in [1.165, 1.54) is 11.3 Å². The van der Waals surface area contributed by atoms with Crippen LogP contribution in [0.3, 0.4) is 0 Å². The lowest BCUT2D eigenvalue weighted by Gasteiger charge is -2.22. The molecular formula is C14H26ClN3O4S3. The van der Waals surface area contributed by atoms with Crippen molar-refractivity contribution in [3.8, 4) is 0 Å². The van der Waals surface area contributed by atoms with Gasteiger partial charge in [-0.05, 0) is 57.3 Å². The quantitative estimate of drug-likeness (QED) is 0.539. The first kappa shape index (κ1) is 22.8. The molecule has 1 atom stereocenters. The van der Waals surface area contributed by atoms with Gasteiger partial charge in [-0.25, -0.2) is 26.3 Å². The highest BCUT2D eigenvalue weighted by Crippen LogP contribution is 2.22. The van der Waals surface area contributed by atoms with Gasteiger partial charge in [0.15, 0.2) is 0 Å². The fraction of sp³-hybridized carbons (Fsp3) is 0.714. The zero-order chi connectivity index (χ0) is 17.6. The molecule has 25 heavy (non-hydrogen) atoms. The van der Waals surface area contributed by atoms with Crippen molar-refractivity contribution in [3.63, 3.8) is 0 Å². The SMILES string of the molecule is CCS(=O)(=O)NCCc1ccc(S(=O)(=O)NCC2CCCNC2)s1.Cl. The number of piperidine rings is 1. The Balaban J connectivity index is 0.00000312. The highest BCUT2D eigenvalue weighted by molar-refractivity contribution is 7.91. The predicted octanol–water partition coefficient (Wildman–Crippen LogP) is 0.930. The molecule has 1 aromatic rings. The lowest BCUT2D eigenvalue weighted by atomic mass is 10.0. The van der Waals surface area contributed by atoms with Crippen LogP contribution in [0.15, 0.2) is 16.3 Å². The molecule has 1 aromatic heterocycles. The number of thiophene rings is 1. The maximum absolute atomic E-state index is 12.3. The van der Waals surface area contributed by atoms with Crippen LogP contribution in [0.25, 0.3) is 0 Å². The van der Waals surface area contributed by atoms with Gasteiger partial charge in [-0.3, -0.25) is 0 Å². The summed E-state index contributed by atoms with van der Waals surface area (Å²) in [6, 6.07) is 3.32. The summed E-state index contributed by atoms with van der Waals surface area (Å²) in [4.78, 5) is 0.841. The van der Waals surface area contributed by atoms with E-state index in [4.69, 9.17) is 0 Å². The summed E-state index contributed by atoms with van der Waals surface area (Å²) in [5, 5.41) is 3.27. The first-order chi connectivity index (χ1) is 11.3. The van der Waals surface area contributed by atoms with E-state index >= 15 is 0 Å². The second kappa shape index (κ2) is 10.2. The van der Waals surface area contributed by atoms with E-state index in [9.17, 15) is 16.8 Å². The monoisotopic (exact) mass is 431 g/mol. The Morgan fingerprint density at radius 2 is 2.00 bits per heavy atom. The maximum Gasteiger partial charge on any atom is 0.250 e. The molecule has 2 heterocycles. The van der Waals surface area contributed by atoms with Gasteiger partial charge in [0, 0.05) is 18.0 Å². The predicted molar refractivity (Wildman–Crippen MR) is 104 cm³/mol. The van der Waals surface area contributed by atoms with E-state index < -0.39 is 20.0 Å². The Morgan fingerprint density at radius 3 is 2.64 bits per heavy atom. The lowest BCUT2D eigenvalue weighted by Crippen LogP contribution is -2.37. The second-order valence-electron chi connectivity index (χ2n) is 5.83. The summed E-state index contributed by atoms with van der Waals surface area (Å²) in [7, 11) is -6.71. The summed E-state index contributed by atoms with van der Waals surface area (Å²) >= 11 is 1.18. The van der Waals surface area contributed by atoms with Gasteiger partial charge in [-0.1, -0.05) is 0 Å². The summed E-state index contributed by atoms with van der Waals surface area (Å²) < 4.78 is 52.8. The minimum atomic E-state index is -3.49. The van der Waals surface area contributed by atoms with Crippen molar-refractivity contribution >= 4 is 43.8 Å². The number of nitrogens with one attached hydrogen (secondary N) is 3. The Kier molecular flexibility index (Phi) is 9.30.